The SMILES string of the molecule is OC1(c2ccsc2)C2CCCC21. The maximum Gasteiger partial charge on any atom is 0.0968 e. The minimum atomic E-state index is -0.405. The highest BCUT2D eigenvalue weighted by molar-refractivity contribution is 7.08. The Morgan fingerprint density at radius 2 is 2.17 bits per heavy atom. The van der Waals surface area contributed by atoms with Gasteiger partial charge in [-0.2, -0.15) is 11.3 Å². The lowest BCUT2D eigenvalue weighted by Gasteiger charge is -2.11. The first kappa shape index (κ1) is 7.10. The Morgan fingerprint density at radius 3 is 2.75 bits per heavy atom. The Bertz CT molecular complexity index is 281. The van der Waals surface area contributed by atoms with Crippen molar-refractivity contribution in [3.8, 4) is 0 Å². The fourth-order valence-corrected chi connectivity index (χ4v) is 3.56. The van der Waals surface area contributed by atoms with E-state index in [1.54, 1.807) is 11.3 Å². The first-order valence-electron chi connectivity index (χ1n) is 4.58. The summed E-state index contributed by atoms with van der Waals surface area (Å²) >= 11 is 1.69. The zero-order valence-corrected chi connectivity index (χ0v) is 7.68. The van der Waals surface area contributed by atoms with Crippen molar-refractivity contribution in [3.05, 3.63) is 22.4 Å². The zero-order chi connectivity index (χ0) is 8.18. The van der Waals surface area contributed by atoms with Gasteiger partial charge in [0, 0.05) is 0 Å². The van der Waals surface area contributed by atoms with Gasteiger partial charge in [-0.1, -0.05) is 6.42 Å². The van der Waals surface area contributed by atoms with Crippen molar-refractivity contribution in [1.29, 1.82) is 0 Å². The average Bonchev–Trinajstić information content (AvgIpc) is 2.62. The first-order valence-corrected chi connectivity index (χ1v) is 5.53. The van der Waals surface area contributed by atoms with Gasteiger partial charge in [0.05, 0.1) is 5.60 Å². The second-order valence-electron chi connectivity index (χ2n) is 3.98. The molecule has 0 bridgehead atoms. The summed E-state index contributed by atoms with van der Waals surface area (Å²) in [5.41, 5.74) is 0.764. The fraction of sp³-hybridized carbons (Fsp3) is 0.600. The molecule has 1 N–H and O–H groups in total. The number of hydrogen-bond donors (Lipinski definition) is 1. The number of thiophene rings is 1. The predicted molar refractivity (Wildman–Crippen MR) is 49.0 cm³/mol. The van der Waals surface area contributed by atoms with Gasteiger partial charge in [-0.25, -0.2) is 0 Å². The molecule has 1 nitrogen and oxygen atoms in total. The number of rotatable bonds is 1. The van der Waals surface area contributed by atoms with E-state index in [1.165, 1.54) is 24.8 Å². The average molecular weight is 180 g/mol. The third-order valence-corrected chi connectivity index (χ3v) is 4.20. The van der Waals surface area contributed by atoms with Crippen LogP contribution in [0.4, 0.5) is 0 Å². The molecule has 2 aliphatic carbocycles. The van der Waals surface area contributed by atoms with Crippen molar-refractivity contribution in [3.63, 3.8) is 0 Å². The molecule has 2 heteroatoms. The van der Waals surface area contributed by atoms with Crippen LogP contribution in [0.15, 0.2) is 16.8 Å². The summed E-state index contributed by atoms with van der Waals surface area (Å²) in [5, 5.41) is 14.4. The van der Waals surface area contributed by atoms with E-state index >= 15 is 0 Å². The summed E-state index contributed by atoms with van der Waals surface area (Å²) in [6.07, 6.45) is 3.79. The minimum Gasteiger partial charge on any atom is -0.385 e. The van der Waals surface area contributed by atoms with Crippen molar-refractivity contribution in [1.82, 2.24) is 0 Å². The van der Waals surface area contributed by atoms with E-state index in [4.69, 9.17) is 0 Å². The van der Waals surface area contributed by atoms with Crippen molar-refractivity contribution in [2.24, 2.45) is 11.8 Å². The summed E-state index contributed by atoms with van der Waals surface area (Å²) in [5.74, 6) is 1.18. The van der Waals surface area contributed by atoms with E-state index < -0.39 is 5.60 Å². The molecule has 1 aromatic heterocycles. The summed E-state index contributed by atoms with van der Waals surface area (Å²) in [4.78, 5) is 0. The second kappa shape index (κ2) is 2.12. The normalized spacial score (nSPS) is 44.4. The van der Waals surface area contributed by atoms with Crippen LogP contribution < -0.4 is 0 Å². The Morgan fingerprint density at radius 1 is 1.42 bits per heavy atom. The largest absolute Gasteiger partial charge is 0.385 e. The van der Waals surface area contributed by atoms with Gasteiger partial charge in [0.2, 0.25) is 0 Å². The molecule has 0 aliphatic heterocycles. The predicted octanol–water partition coefficient (Wildman–Crippen LogP) is 2.37. The van der Waals surface area contributed by atoms with Crippen molar-refractivity contribution < 1.29 is 5.11 Å². The van der Waals surface area contributed by atoms with Crippen LogP contribution in [0.1, 0.15) is 24.8 Å². The Labute approximate surface area is 76.0 Å². The lowest BCUT2D eigenvalue weighted by atomic mass is 10.0. The molecule has 2 unspecified atom stereocenters. The summed E-state index contributed by atoms with van der Waals surface area (Å²) in [7, 11) is 0. The molecule has 0 saturated heterocycles. The molecule has 0 amide bonds. The molecule has 0 spiro atoms. The topological polar surface area (TPSA) is 20.2 Å². The van der Waals surface area contributed by atoms with Gasteiger partial charge in [-0.05, 0) is 47.1 Å². The van der Waals surface area contributed by atoms with E-state index in [9.17, 15) is 5.11 Å². The lowest BCUT2D eigenvalue weighted by molar-refractivity contribution is 0.106. The zero-order valence-electron chi connectivity index (χ0n) is 6.86. The van der Waals surface area contributed by atoms with E-state index in [2.05, 4.69) is 16.8 Å². The Kier molecular flexibility index (Phi) is 1.25. The third-order valence-electron chi connectivity index (χ3n) is 3.52. The fourth-order valence-electron chi connectivity index (χ4n) is 2.84. The molecule has 3 rings (SSSR count). The van der Waals surface area contributed by atoms with E-state index in [-0.39, 0.29) is 0 Å². The summed E-state index contributed by atoms with van der Waals surface area (Å²) in [6, 6.07) is 2.07. The van der Waals surface area contributed by atoms with Crippen LogP contribution in [0.25, 0.3) is 0 Å². The maximum atomic E-state index is 10.3. The van der Waals surface area contributed by atoms with Crippen molar-refractivity contribution >= 4 is 11.3 Å². The Balaban J connectivity index is 1.96. The van der Waals surface area contributed by atoms with E-state index in [0.717, 1.165) is 0 Å². The molecule has 2 atom stereocenters. The number of fused-ring (bicyclic) bond motifs is 1. The maximum absolute atomic E-state index is 10.3. The highest BCUT2D eigenvalue weighted by Gasteiger charge is 2.66. The number of hydrogen-bond acceptors (Lipinski definition) is 2. The monoisotopic (exact) mass is 180 g/mol. The molecular weight excluding hydrogens is 168 g/mol. The molecule has 0 aromatic carbocycles. The van der Waals surface area contributed by atoms with Crippen LogP contribution >= 0.6 is 11.3 Å². The van der Waals surface area contributed by atoms with Crippen molar-refractivity contribution in [2.75, 3.05) is 0 Å². The summed E-state index contributed by atoms with van der Waals surface area (Å²) in [6.45, 7) is 0. The second-order valence-corrected chi connectivity index (χ2v) is 4.76. The molecule has 0 radical (unpaired) electrons. The van der Waals surface area contributed by atoms with Crippen LogP contribution in [0.3, 0.4) is 0 Å². The van der Waals surface area contributed by atoms with Crippen LogP contribution in [-0.4, -0.2) is 5.11 Å². The molecule has 1 heterocycles. The highest BCUT2D eigenvalue weighted by atomic mass is 32.1. The highest BCUT2D eigenvalue weighted by Crippen LogP contribution is 2.66. The van der Waals surface area contributed by atoms with Crippen LogP contribution in [-0.2, 0) is 5.60 Å². The molecule has 12 heavy (non-hydrogen) atoms. The standard InChI is InChI=1S/C10H12OS/c11-10(7-4-5-12-6-7)8-2-1-3-9(8)10/h4-6,8-9,11H,1-3H2. The van der Waals surface area contributed by atoms with Gasteiger partial charge in [-0.3, -0.25) is 0 Å². The van der Waals surface area contributed by atoms with Crippen LogP contribution in [0, 0.1) is 11.8 Å². The van der Waals surface area contributed by atoms with Gasteiger partial charge in [0.15, 0.2) is 0 Å². The molecule has 2 aliphatic rings. The van der Waals surface area contributed by atoms with Gasteiger partial charge in [-0.15, -0.1) is 0 Å². The molecular formula is C10H12OS. The third kappa shape index (κ3) is 0.679. The van der Waals surface area contributed by atoms with E-state index in [1.807, 2.05) is 0 Å². The molecule has 2 fully saturated rings. The Hall–Kier alpha value is -0.340. The molecule has 2 saturated carbocycles. The van der Waals surface area contributed by atoms with Crippen LogP contribution in [0.2, 0.25) is 0 Å². The number of aliphatic hydroxyl groups is 1. The minimum absolute atomic E-state index is 0.405. The molecule has 1 aromatic rings. The van der Waals surface area contributed by atoms with E-state index in [0.29, 0.717) is 11.8 Å². The van der Waals surface area contributed by atoms with Gasteiger partial charge < -0.3 is 5.11 Å². The first-order chi connectivity index (χ1) is 5.83. The quantitative estimate of drug-likeness (QED) is 0.703. The van der Waals surface area contributed by atoms with Gasteiger partial charge in [0.25, 0.3) is 0 Å². The molecule has 64 valence electrons. The van der Waals surface area contributed by atoms with Gasteiger partial charge in [0.1, 0.15) is 0 Å². The smallest absolute Gasteiger partial charge is 0.0968 e. The van der Waals surface area contributed by atoms with Crippen LogP contribution in [0.5, 0.6) is 0 Å². The van der Waals surface area contributed by atoms with Gasteiger partial charge >= 0.3 is 0 Å². The lowest BCUT2D eigenvalue weighted by Crippen LogP contribution is -2.11. The van der Waals surface area contributed by atoms with Crippen molar-refractivity contribution in [2.45, 2.75) is 24.9 Å². The summed E-state index contributed by atoms with van der Waals surface area (Å²) < 4.78 is 0.